The number of nitrogen functional groups attached to an aromatic ring is 1. The number of fused-ring (bicyclic) bond motifs is 2. The summed E-state index contributed by atoms with van der Waals surface area (Å²) in [7, 11) is 3.88. The van der Waals surface area contributed by atoms with E-state index in [0.717, 1.165) is 32.5 Å². The quantitative estimate of drug-likeness (QED) is 0.170. The van der Waals surface area contributed by atoms with Crippen molar-refractivity contribution in [2.24, 2.45) is 5.41 Å². The van der Waals surface area contributed by atoms with E-state index in [1.807, 2.05) is 19.0 Å². The number of nitrogens with two attached hydrogens (primary N) is 1. The molecular formula is C29H30F4N10O2. The number of aromatic amines is 2. The maximum Gasteiger partial charge on any atom is 0.418 e. The van der Waals surface area contributed by atoms with Crippen LogP contribution >= 0.6 is 0 Å². The maximum atomic E-state index is 16.6. The molecule has 1 fully saturated rings. The standard InChI is InChI=1S/C29H30F4N10O2/c1-13(15-6-5-9-35-23(15)34)37-25-18-22(40-27(41-25)45-12-28(7-8-28)11-43(3)4)20(30)21(39-26(18)44)17-16-10-36-42-24(16)38-14(2)19(17)29(31,32)33/h5-6,9-10,13H,7-8,11-12H2,1-4H3,(H2,34,35)(H,39,44)(H,36,38,42)(H,37,40,41)/t13-/m1/s1. The highest BCUT2D eigenvalue weighted by atomic mass is 19.4. The fourth-order valence-corrected chi connectivity index (χ4v) is 5.69. The Morgan fingerprint density at radius 2 is 1.98 bits per heavy atom. The molecule has 5 heterocycles. The molecule has 236 valence electrons. The first-order chi connectivity index (χ1) is 21.3. The average Bonchev–Trinajstić information content (AvgIpc) is 3.55. The summed E-state index contributed by atoms with van der Waals surface area (Å²) >= 11 is 0. The van der Waals surface area contributed by atoms with Crippen molar-refractivity contribution in [3.8, 4) is 17.3 Å². The number of nitrogens with zero attached hydrogens (tertiary/aromatic N) is 6. The molecule has 1 aliphatic rings. The van der Waals surface area contributed by atoms with Gasteiger partial charge in [0.1, 0.15) is 22.5 Å². The summed E-state index contributed by atoms with van der Waals surface area (Å²) in [6, 6.07) is 2.59. The van der Waals surface area contributed by atoms with E-state index in [1.165, 1.54) is 6.20 Å². The Morgan fingerprint density at radius 3 is 2.64 bits per heavy atom. The van der Waals surface area contributed by atoms with Gasteiger partial charge in [0.25, 0.3) is 5.56 Å². The van der Waals surface area contributed by atoms with Crippen molar-refractivity contribution in [3.63, 3.8) is 0 Å². The van der Waals surface area contributed by atoms with Crippen LogP contribution in [0.2, 0.25) is 0 Å². The lowest BCUT2D eigenvalue weighted by atomic mass is 9.98. The van der Waals surface area contributed by atoms with Gasteiger partial charge >= 0.3 is 12.2 Å². The van der Waals surface area contributed by atoms with Crippen molar-refractivity contribution in [2.75, 3.05) is 38.3 Å². The molecule has 1 aliphatic carbocycles. The summed E-state index contributed by atoms with van der Waals surface area (Å²) in [5.74, 6) is -1.07. The molecule has 16 heteroatoms. The predicted octanol–water partition coefficient (Wildman–Crippen LogP) is 4.59. The summed E-state index contributed by atoms with van der Waals surface area (Å²) < 4.78 is 65.8. The van der Waals surface area contributed by atoms with Crippen LogP contribution in [0.1, 0.15) is 42.6 Å². The molecule has 0 amide bonds. The first kappa shape index (κ1) is 30.2. The molecule has 0 bridgehead atoms. The van der Waals surface area contributed by atoms with Crippen molar-refractivity contribution in [1.29, 1.82) is 0 Å². The van der Waals surface area contributed by atoms with E-state index < -0.39 is 51.6 Å². The Bertz CT molecular complexity index is 1980. The number of aryl methyl sites for hydroxylation is 1. The van der Waals surface area contributed by atoms with Crippen LogP contribution in [-0.4, -0.2) is 67.3 Å². The lowest BCUT2D eigenvalue weighted by Crippen LogP contribution is -2.28. The molecule has 5 aromatic heterocycles. The average molecular weight is 627 g/mol. The smallest absolute Gasteiger partial charge is 0.418 e. The number of pyridine rings is 3. The first-order valence-electron chi connectivity index (χ1n) is 14.1. The third-order valence-electron chi connectivity index (χ3n) is 7.90. The molecule has 12 nitrogen and oxygen atoms in total. The topological polar surface area (TPSA) is 164 Å². The number of halogens is 4. The highest BCUT2D eigenvalue weighted by Gasteiger charge is 2.44. The Hall–Kier alpha value is -4.86. The van der Waals surface area contributed by atoms with Crippen LogP contribution in [0.25, 0.3) is 33.2 Å². The van der Waals surface area contributed by atoms with E-state index in [1.54, 1.807) is 19.1 Å². The maximum absolute atomic E-state index is 16.6. The van der Waals surface area contributed by atoms with Gasteiger partial charge in [-0.2, -0.15) is 28.2 Å². The molecule has 5 aromatic rings. The minimum absolute atomic E-state index is 0.0107. The lowest BCUT2D eigenvalue weighted by molar-refractivity contribution is -0.137. The summed E-state index contributed by atoms with van der Waals surface area (Å²) in [5, 5.41) is 8.94. The van der Waals surface area contributed by atoms with Crippen LogP contribution in [0.15, 0.2) is 29.3 Å². The van der Waals surface area contributed by atoms with Gasteiger partial charge < -0.3 is 25.7 Å². The van der Waals surface area contributed by atoms with Crippen molar-refractivity contribution in [3.05, 3.63) is 57.5 Å². The Kier molecular flexibility index (Phi) is 7.34. The van der Waals surface area contributed by atoms with Gasteiger partial charge in [-0.3, -0.25) is 9.89 Å². The van der Waals surface area contributed by atoms with Crippen molar-refractivity contribution in [2.45, 2.75) is 38.9 Å². The SMILES string of the molecule is Cc1nc2[nH]ncc2c(-c2[nH]c(=O)c3c(N[C@H](C)c4cccnc4N)nc(OCC4(CN(C)C)CC4)nc3c2F)c1C(F)(F)F. The number of anilines is 2. The number of hydrogen-bond donors (Lipinski definition) is 4. The van der Waals surface area contributed by atoms with Crippen LogP contribution in [0.4, 0.5) is 29.2 Å². The number of hydrogen-bond acceptors (Lipinski definition) is 10. The van der Waals surface area contributed by atoms with Crippen LogP contribution in [0, 0.1) is 18.2 Å². The zero-order valence-electron chi connectivity index (χ0n) is 24.8. The lowest BCUT2D eigenvalue weighted by Gasteiger charge is -2.21. The number of nitrogens with one attached hydrogen (secondary N) is 3. The molecule has 0 aromatic carbocycles. The van der Waals surface area contributed by atoms with E-state index >= 15 is 4.39 Å². The third-order valence-corrected chi connectivity index (χ3v) is 7.90. The number of alkyl halides is 3. The summed E-state index contributed by atoms with van der Waals surface area (Å²) in [6.45, 7) is 3.84. The molecule has 0 unspecified atom stereocenters. The van der Waals surface area contributed by atoms with Gasteiger partial charge in [-0.25, -0.2) is 14.4 Å². The Balaban J connectivity index is 1.55. The molecule has 6 rings (SSSR count). The van der Waals surface area contributed by atoms with Gasteiger partial charge in [-0.1, -0.05) is 6.07 Å². The zero-order valence-corrected chi connectivity index (χ0v) is 24.8. The fraction of sp³-hybridized carbons (Fsp3) is 0.379. The molecular weight excluding hydrogens is 596 g/mol. The zero-order chi connectivity index (χ0) is 32.3. The van der Waals surface area contributed by atoms with Crippen LogP contribution in [0.5, 0.6) is 6.01 Å². The molecule has 0 spiro atoms. The Labute approximate surface area is 253 Å². The van der Waals surface area contributed by atoms with Gasteiger partial charge in [0.05, 0.1) is 35.8 Å². The van der Waals surface area contributed by atoms with Crippen molar-refractivity contribution >= 4 is 33.6 Å². The second kappa shape index (κ2) is 10.9. The van der Waals surface area contributed by atoms with Crippen molar-refractivity contribution in [1.82, 2.24) is 40.0 Å². The van der Waals surface area contributed by atoms with Gasteiger partial charge in [-0.15, -0.1) is 0 Å². The number of H-pyrrole nitrogens is 2. The number of rotatable bonds is 9. The fourth-order valence-electron chi connectivity index (χ4n) is 5.69. The third kappa shape index (κ3) is 5.61. The van der Waals surface area contributed by atoms with Crippen molar-refractivity contribution < 1.29 is 22.3 Å². The molecule has 1 saturated carbocycles. The van der Waals surface area contributed by atoms with Gasteiger partial charge in [0.15, 0.2) is 11.5 Å². The highest BCUT2D eigenvalue weighted by Crippen LogP contribution is 2.46. The monoisotopic (exact) mass is 626 g/mol. The van der Waals surface area contributed by atoms with Gasteiger partial charge in [0.2, 0.25) is 0 Å². The van der Waals surface area contributed by atoms with E-state index in [2.05, 4.69) is 40.4 Å². The predicted molar refractivity (Wildman–Crippen MR) is 159 cm³/mol. The van der Waals surface area contributed by atoms with Crippen LogP contribution in [-0.2, 0) is 6.18 Å². The molecule has 0 radical (unpaired) electrons. The second-order valence-corrected chi connectivity index (χ2v) is 11.7. The van der Waals surface area contributed by atoms with E-state index in [-0.39, 0.29) is 46.1 Å². The van der Waals surface area contributed by atoms with E-state index in [4.69, 9.17) is 10.5 Å². The highest BCUT2D eigenvalue weighted by molar-refractivity contribution is 5.98. The summed E-state index contributed by atoms with van der Waals surface area (Å²) in [4.78, 5) is 34.7. The van der Waals surface area contributed by atoms with Crippen LogP contribution < -0.4 is 21.3 Å². The minimum Gasteiger partial charge on any atom is -0.463 e. The van der Waals surface area contributed by atoms with Gasteiger partial charge in [-0.05, 0) is 46.9 Å². The molecule has 0 saturated heterocycles. The van der Waals surface area contributed by atoms with Gasteiger partial charge in [0, 0.05) is 34.7 Å². The molecule has 5 N–H and O–H groups in total. The minimum atomic E-state index is -4.94. The largest absolute Gasteiger partial charge is 0.463 e. The van der Waals surface area contributed by atoms with E-state index in [0.29, 0.717) is 5.56 Å². The summed E-state index contributed by atoms with van der Waals surface area (Å²) in [6.07, 6.45) is -0.514. The molecule has 1 atom stereocenters. The molecule has 0 aliphatic heterocycles. The number of ether oxygens (including phenoxy) is 1. The second-order valence-electron chi connectivity index (χ2n) is 11.7. The Morgan fingerprint density at radius 1 is 1.22 bits per heavy atom. The molecule has 45 heavy (non-hydrogen) atoms. The summed E-state index contributed by atoms with van der Waals surface area (Å²) in [5.41, 5.74) is 2.04. The van der Waals surface area contributed by atoms with Crippen LogP contribution in [0.3, 0.4) is 0 Å². The normalized spacial score (nSPS) is 15.1. The number of aromatic nitrogens is 7. The first-order valence-corrected chi connectivity index (χ1v) is 14.1. The van der Waals surface area contributed by atoms with E-state index in [9.17, 15) is 18.0 Å².